The summed E-state index contributed by atoms with van der Waals surface area (Å²) in [6, 6.07) is 16.1. The number of fused-ring (bicyclic) bond motifs is 1. The lowest BCUT2D eigenvalue weighted by Gasteiger charge is -2.32. The summed E-state index contributed by atoms with van der Waals surface area (Å²) in [4.78, 5) is 10.5. The van der Waals surface area contributed by atoms with Gasteiger partial charge in [0, 0.05) is 25.7 Å². The zero-order valence-corrected chi connectivity index (χ0v) is 14.3. The van der Waals surface area contributed by atoms with Gasteiger partial charge in [-0.05, 0) is 49.1 Å². The second kappa shape index (κ2) is 7.15. The van der Waals surface area contributed by atoms with Crippen LogP contribution in [0, 0.1) is 0 Å². The first-order valence-electron chi connectivity index (χ1n) is 8.98. The molecule has 0 aliphatic carbocycles. The van der Waals surface area contributed by atoms with E-state index < -0.39 is 0 Å². The molecule has 2 heterocycles. The lowest BCUT2D eigenvalue weighted by atomic mass is 10.0. The number of phenolic OH excluding ortho intramolecular Hbond substituents is 1. The van der Waals surface area contributed by atoms with Crippen molar-refractivity contribution in [2.24, 2.45) is 0 Å². The van der Waals surface area contributed by atoms with Crippen molar-refractivity contribution in [3.63, 3.8) is 0 Å². The van der Waals surface area contributed by atoms with Gasteiger partial charge in [-0.3, -0.25) is 0 Å². The van der Waals surface area contributed by atoms with Crippen LogP contribution in [0.4, 0.5) is 5.95 Å². The van der Waals surface area contributed by atoms with Gasteiger partial charge < -0.3 is 20.3 Å². The molecule has 25 heavy (non-hydrogen) atoms. The van der Waals surface area contributed by atoms with E-state index in [0.717, 1.165) is 55.9 Å². The van der Waals surface area contributed by atoms with E-state index in [4.69, 9.17) is 0 Å². The molecule has 0 saturated carbocycles. The van der Waals surface area contributed by atoms with Crippen LogP contribution < -0.4 is 5.32 Å². The molecule has 130 valence electrons. The number of hydrogen-bond donors (Lipinski definition) is 3. The van der Waals surface area contributed by atoms with Crippen LogP contribution in [0.3, 0.4) is 0 Å². The Kier molecular flexibility index (Phi) is 4.57. The van der Waals surface area contributed by atoms with E-state index in [1.165, 1.54) is 5.56 Å². The van der Waals surface area contributed by atoms with Crippen molar-refractivity contribution in [3.05, 3.63) is 54.1 Å². The topological polar surface area (TPSA) is 64.2 Å². The highest BCUT2D eigenvalue weighted by atomic mass is 16.3. The monoisotopic (exact) mass is 336 g/mol. The van der Waals surface area contributed by atoms with Crippen LogP contribution in [0.5, 0.6) is 5.75 Å². The molecule has 0 radical (unpaired) electrons. The minimum absolute atomic E-state index is 0.334. The zero-order valence-electron chi connectivity index (χ0n) is 14.3. The smallest absolute Gasteiger partial charge is 0.201 e. The van der Waals surface area contributed by atoms with E-state index in [-0.39, 0.29) is 0 Å². The molecular formula is C20H24N4O. The molecule has 1 saturated heterocycles. The maximum atomic E-state index is 9.35. The number of para-hydroxylation sites is 2. The van der Waals surface area contributed by atoms with Gasteiger partial charge in [-0.25, -0.2) is 4.98 Å². The van der Waals surface area contributed by atoms with Crippen LogP contribution >= 0.6 is 0 Å². The summed E-state index contributed by atoms with van der Waals surface area (Å²) in [6.45, 7) is 3.29. The average molecular weight is 336 g/mol. The average Bonchev–Trinajstić information content (AvgIpc) is 3.05. The Morgan fingerprint density at radius 3 is 2.60 bits per heavy atom. The number of likely N-dealkylation sites (tertiary alicyclic amines) is 1. The van der Waals surface area contributed by atoms with Gasteiger partial charge in [-0.2, -0.15) is 0 Å². The van der Waals surface area contributed by atoms with E-state index in [1.807, 2.05) is 30.3 Å². The fourth-order valence-electron chi connectivity index (χ4n) is 3.47. The fraction of sp³-hybridized carbons (Fsp3) is 0.350. The Balaban J connectivity index is 1.25. The number of nitrogens with one attached hydrogen (secondary N) is 2. The van der Waals surface area contributed by atoms with Crippen LogP contribution in [0.25, 0.3) is 11.0 Å². The Morgan fingerprint density at radius 2 is 1.84 bits per heavy atom. The molecule has 3 N–H and O–H groups in total. The van der Waals surface area contributed by atoms with Crippen LogP contribution in [0.1, 0.15) is 18.4 Å². The van der Waals surface area contributed by atoms with Crippen molar-refractivity contribution in [1.82, 2.24) is 14.9 Å². The largest absolute Gasteiger partial charge is 0.508 e. The molecule has 0 amide bonds. The van der Waals surface area contributed by atoms with Gasteiger partial charge in [0.1, 0.15) is 5.75 Å². The first-order chi connectivity index (χ1) is 12.3. The number of piperidine rings is 1. The van der Waals surface area contributed by atoms with Gasteiger partial charge in [0.2, 0.25) is 5.95 Å². The van der Waals surface area contributed by atoms with Crippen LogP contribution in [0.2, 0.25) is 0 Å². The van der Waals surface area contributed by atoms with E-state index in [0.29, 0.717) is 11.8 Å². The summed E-state index contributed by atoms with van der Waals surface area (Å²) >= 11 is 0. The van der Waals surface area contributed by atoms with Gasteiger partial charge in [-0.1, -0.05) is 24.3 Å². The number of nitrogens with zero attached hydrogens (tertiary/aromatic N) is 2. The summed E-state index contributed by atoms with van der Waals surface area (Å²) in [5.74, 6) is 1.21. The van der Waals surface area contributed by atoms with Gasteiger partial charge in [0.25, 0.3) is 0 Å². The number of rotatable bonds is 5. The maximum absolute atomic E-state index is 9.35. The molecule has 0 spiro atoms. The van der Waals surface area contributed by atoms with Crippen LogP contribution in [0.15, 0.2) is 48.5 Å². The number of phenols is 1. The summed E-state index contributed by atoms with van der Waals surface area (Å²) in [5.41, 5.74) is 3.37. The molecule has 1 fully saturated rings. The first kappa shape index (κ1) is 16.0. The fourth-order valence-corrected chi connectivity index (χ4v) is 3.47. The maximum Gasteiger partial charge on any atom is 0.201 e. The molecule has 5 heteroatoms. The van der Waals surface area contributed by atoms with Crippen molar-refractivity contribution in [1.29, 1.82) is 0 Å². The second-order valence-corrected chi connectivity index (χ2v) is 6.78. The summed E-state index contributed by atoms with van der Waals surface area (Å²) in [6.07, 6.45) is 3.29. The molecule has 0 atom stereocenters. The molecule has 1 aliphatic rings. The van der Waals surface area contributed by atoms with Gasteiger partial charge in [-0.15, -0.1) is 0 Å². The predicted molar refractivity (Wildman–Crippen MR) is 101 cm³/mol. The number of aromatic nitrogens is 2. The molecular weight excluding hydrogens is 312 g/mol. The number of aromatic amines is 1. The van der Waals surface area contributed by atoms with Crippen molar-refractivity contribution in [2.45, 2.75) is 25.3 Å². The lowest BCUT2D eigenvalue weighted by molar-refractivity contribution is 0.221. The predicted octanol–water partition coefficient (Wildman–Crippen LogP) is 3.39. The summed E-state index contributed by atoms with van der Waals surface area (Å²) in [7, 11) is 0. The highest BCUT2D eigenvalue weighted by Crippen LogP contribution is 2.18. The van der Waals surface area contributed by atoms with E-state index in [9.17, 15) is 5.11 Å². The molecule has 0 unspecified atom stereocenters. The second-order valence-electron chi connectivity index (χ2n) is 6.78. The molecule has 0 bridgehead atoms. The van der Waals surface area contributed by atoms with Crippen molar-refractivity contribution >= 4 is 17.0 Å². The molecule has 2 aromatic carbocycles. The minimum Gasteiger partial charge on any atom is -0.508 e. The Bertz CT molecular complexity index is 786. The number of imidazole rings is 1. The van der Waals surface area contributed by atoms with Crippen molar-refractivity contribution < 1.29 is 5.11 Å². The standard InChI is InChI=1S/C20H24N4O/c25-17-7-5-15(6-8-17)9-12-24-13-10-16(11-14-24)21-20-22-18-3-1-2-4-19(18)23-20/h1-8,16,25H,9-14H2,(H2,21,22,23). The zero-order chi connectivity index (χ0) is 17.1. The van der Waals surface area contributed by atoms with E-state index >= 15 is 0 Å². The third kappa shape index (κ3) is 3.94. The first-order valence-corrected chi connectivity index (χ1v) is 8.98. The number of aromatic hydroxyl groups is 1. The van der Waals surface area contributed by atoms with E-state index in [2.05, 4.69) is 26.3 Å². The highest BCUT2D eigenvalue weighted by molar-refractivity contribution is 5.77. The van der Waals surface area contributed by atoms with Gasteiger partial charge >= 0.3 is 0 Å². The highest BCUT2D eigenvalue weighted by Gasteiger charge is 2.19. The molecule has 1 aliphatic heterocycles. The minimum atomic E-state index is 0.334. The van der Waals surface area contributed by atoms with Crippen molar-refractivity contribution in [3.8, 4) is 5.75 Å². The lowest BCUT2D eigenvalue weighted by Crippen LogP contribution is -2.40. The Morgan fingerprint density at radius 1 is 1.08 bits per heavy atom. The normalized spacial score (nSPS) is 16.3. The third-order valence-electron chi connectivity index (χ3n) is 4.97. The quantitative estimate of drug-likeness (QED) is 0.668. The molecule has 3 aromatic rings. The Labute approximate surface area is 147 Å². The van der Waals surface area contributed by atoms with Crippen molar-refractivity contribution in [2.75, 3.05) is 25.0 Å². The molecule has 4 rings (SSSR count). The molecule has 5 nitrogen and oxygen atoms in total. The number of H-pyrrole nitrogens is 1. The molecule has 1 aromatic heterocycles. The van der Waals surface area contributed by atoms with Crippen LogP contribution in [-0.4, -0.2) is 45.7 Å². The van der Waals surface area contributed by atoms with Crippen LogP contribution in [-0.2, 0) is 6.42 Å². The summed E-state index contributed by atoms with van der Waals surface area (Å²) in [5, 5.41) is 12.9. The van der Waals surface area contributed by atoms with E-state index in [1.54, 1.807) is 12.1 Å². The number of hydrogen-bond acceptors (Lipinski definition) is 4. The number of anilines is 1. The Hall–Kier alpha value is -2.53. The third-order valence-corrected chi connectivity index (χ3v) is 4.97. The van der Waals surface area contributed by atoms with Gasteiger partial charge in [0.05, 0.1) is 11.0 Å². The van der Waals surface area contributed by atoms with Gasteiger partial charge in [0.15, 0.2) is 0 Å². The summed E-state index contributed by atoms with van der Waals surface area (Å²) < 4.78 is 0. The number of benzene rings is 2. The SMILES string of the molecule is Oc1ccc(CCN2CCC(Nc3nc4ccccc4[nH]3)CC2)cc1.